The Hall–Kier alpha value is -0.180. The Morgan fingerprint density at radius 1 is 1.88 bits per heavy atom. The van der Waals surface area contributed by atoms with Crippen molar-refractivity contribution >= 4 is 18.5 Å². The van der Waals surface area contributed by atoms with E-state index in [0.29, 0.717) is 6.42 Å². The molecule has 0 aromatic rings. The van der Waals surface area contributed by atoms with E-state index < -0.39 is 0 Å². The maximum atomic E-state index is 10.5. The summed E-state index contributed by atoms with van der Waals surface area (Å²) in [5.74, 6) is 0.0486. The van der Waals surface area contributed by atoms with Crippen molar-refractivity contribution in [3.63, 3.8) is 0 Å². The third-order valence-corrected chi connectivity index (χ3v) is 0.942. The molecule has 0 aromatic carbocycles. The first kappa shape index (κ1) is 7.82. The third-order valence-electron chi connectivity index (χ3n) is 0.760. The van der Waals surface area contributed by atoms with E-state index in [1.165, 1.54) is 0 Å². The average Bonchev–Trinajstić information content (AvgIpc) is 1.65. The molecule has 0 aliphatic carbocycles. The van der Waals surface area contributed by atoms with Crippen molar-refractivity contribution in [2.75, 3.05) is 7.05 Å². The van der Waals surface area contributed by atoms with Crippen LogP contribution in [-0.4, -0.2) is 18.2 Å². The molecule has 0 radical (unpaired) electrons. The maximum absolute atomic E-state index is 10.5. The SMILES string of the molecule is CNC(=O)CC(C)S. The highest BCUT2D eigenvalue weighted by Gasteiger charge is 2.00. The van der Waals surface area contributed by atoms with Gasteiger partial charge in [0.15, 0.2) is 0 Å². The molecule has 1 amide bonds. The molecule has 1 N–H and O–H groups in total. The lowest BCUT2D eigenvalue weighted by Crippen LogP contribution is -2.20. The number of carbonyl (C=O) groups is 1. The zero-order valence-electron chi connectivity index (χ0n) is 5.14. The van der Waals surface area contributed by atoms with Crippen molar-refractivity contribution in [1.29, 1.82) is 0 Å². The Labute approximate surface area is 55.1 Å². The number of carbonyl (C=O) groups excluding carboxylic acids is 1. The summed E-state index contributed by atoms with van der Waals surface area (Å²) in [4.78, 5) is 10.5. The van der Waals surface area contributed by atoms with E-state index in [9.17, 15) is 4.79 Å². The molecule has 0 heterocycles. The summed E-state index contributed by atoms with van der Waals surface area (Å²) in [6.07, 6.45) is 0.500. The summed E-state index contributed by atoms with van der Waals surface area (Å²) in [7, 11) is 1.62. The molecule has 3 heteroatoms. The van der Waals surface area contributed by atoms with E-state index in [-0.39, 0.29) is 11.2 Å². The zero-order chi connectivity index (χ0) is 6.57. The minimum Gasteiger partial charge on any atom is -0.359 e. The second-order valence-corrected chi connectivity index (χ2v) is 2.61. The van der Waals surface area contributed by atoms with Gasteiger partial charge in [-0.15, -0.1) is 0 Å². The molecular weight excluding hydrogens is 122 g/mol. The van der Waals surface area contributed by atoms with Gasteiger partial charge in [-0.05, 0) is 0 Å². The number of thiol groups is 1. The quantitative estimate of drug-likeness (QED) is 0.526. The molecule has 0 fully saturated rings. The fourth-order valence-electron chi connectivity index (χ4n) is 0.370. The van der Waals surface area contributed by atoms with Gasteiger partial charge < -0.3 is 5.32 Å². The van der Waals surface area contributed by atoms with Crippen LogP contribution < -0.4 is 5.32 Å². The fraction of sp³-hybridized carbons (Fsp3) is 0.800. The average molecular weight is 133 g/mol. The Kier molecular flexibility index (Phi) is 3.69. The molecule has 0 saturated carbocycles. The lowest BCUT2D eigenvalue weighted by molar-refractivity contribution is -0.120. The van der Waals surface area contributed by atoms with Crippen molar-refractivity contribution < 1.29 is 4.79 Å². The topological polar surface area (TPSA) is 29.1 Å². The van der Waals surface area contributed by atoms with Gasteiger partial charge in [-0.2, -0.15) is 12.6 Å². The summed E-state index contributed by atoms with van der Waals surface area (Å²) in [5, 5.41) is 2.67. The predicted octanol–water partition coefficient (Wildman–Crippen LogP) is 0.441. The van der Waals surface area contributed by atoms with Crippen LogP contribution in [0.3, 0.4) is 0 Å². The summed E-state index contributed by atoms with van der Waals surface area (Å²) < 4.78 is 0. The molecule has 0 bridgehead atoms. The first-order chi connectivity index (χ1) is 3.66. The van der Waals surface area contributed by atoms with Crippen LogP contribution in [0.4, 0.5) is 0 Å². The summed E-state index contributed by atoms with van der Waals surface area (Å²) in [6.45, 7) is 1.89. The van der Waals surface area contributed by atoms with Gasteiger partial charge >= 0.3 is 0 Å². The molecule has 8 heavy (non-hydrogen) atoms. The highest BCUT2D eigenvalue weighted by molar-refractivity contribution is 7.80. The fourth-order valence-corrected chi connectivity index (χ4v) is 0.536. The summed E-state index contributed by atoms with van der Waals surface area (Å²) in [5.41, 5.74) is 0. The highest BCUT2D eigenvalue weighted by atomic mass is 32.1. The van der Waals surface area contributed by atoms with Gasteiger partial charge in [0.05, 0.1) is 0 Å². The number of rotatable bonds is 2. The lowest BCUT2D eigenvalue weighted by Gasteiger charge is -1.99. The van der Waals surface area contributed by atoms with Crippen LogP contribution in [0.25, 0.3) is 0 Å². The first-order valence-electron chi connectivity index (χ1n) is 2.55. The van der Waals surface area contributed by atoms with Crippen LogP contribution in [0.5, 0.6) is 0 Å². The Bertz CT molecular complexity index is 82.5. The van der Waals surface area contributed by atoms with E-state index in [2.05, 4.69) is 17.9 Å². The zero-order valence-corrected chi connectivity index (χ0v) is 6.03. The van der Waals surface area contributed by atoms with Crippen LogP contribution in [0.2, 0.25) is 0 Å². The maximum Gasteiger partial charge on any atom is 0.220 e. The first-order valence-corrected chi connectivity index (χ1v) is 3.07. The van der Waals surface area contributed by atoms with Crippen LogP contribution in [0, 0.1) is 0 Å². The molecular formula is C5H11NOS. The van der Waals surface area contributed by atoms with Gasteiger partial charge in [-0.1, -0.05) is 6.92 Å². The van der Waals surface area contributed by atoms with Crippen molar-refractivity contribution in [3.05, 3.63) is 0 Å². The Morgan fingerprint density at radius 2 is 2.38 bits per heavy atom. The van der Waals surface area contributed by atoms with Crippen molar-refractivity contribution in [2.45, 2.75) is 18.6 Å². The lowest BCUT2D eigenvalue weighted by atomic mass is 10.3. The number of nitrogens with one attached hydrogen (secondary N) is 1. The molecule has 0 aliphatic rings. The van der Waals surface area contributed by atoms with Crippen molar-refractivity contribution in [3.8, 4) is 0 Å². The molecule has 0 aromatic heterocycles. The van der Waals surface area contributed by atoms with Gasteiger partial charge in [-0.25, -0.2) is 0 Å². The minimum absolute atomic E-state index is 0.0486. The van der Waals surface area contributed by atoms with Crippen LogP contribution in [0.15, 0.2) is 0 Å². The van der Waals surface area contributed by atoms with E-state index in [0.717, 1.165) is 0 Å². The normalized spacial score (nSPS) is 12.9. The number of amides is 1. The molecule has 48 valence electrons. The minimum atomic E-state index is 0.0486. The van der Waals surface area contributed by atoms with Crippen molar-refractivity contribution in [1.82, 2.24) is 5.32 Å². The van der Waals surface area contributed by atoms with E-state index >= 15 is 0 Å². The predicted molar refractivity (Wildman–Crippen MR) is 37.1 cm³/mol. The van der Waals surface area contributed by atoms with E-state index in [1.807, 2.05) is 6.92 Å². The number of hydrogen-bond donors (Lipinski definition) is 2. The molecule has 0 rings (SSSR count). The summed E-state index contributed by atoms with van der Waals surface area (Å²) in [6, 6.07) is 0. The van der Waals surface area contributed by atoms with Gasteiger partial charge in [-0.3, -0.25) is 4.79 Å². The van der Waals surface area contributed by atoms with Crippen LogP contribution in [0.1, 0.15) is 13.3 Å². The summed E-state index contributed by atoms with van der Waals surface area (Å²) >= 11 is 4.03. The van der Waals surface area contributed by atoms with E-state index in [4.69, 9.17) is 0 Å². The molecule has 2 nitrogen and oxygen atoms in total. The Morgan fingerprint density at radius 3 is 2.50 bits per heavy atom. The molecule has 0 spiro atoms. The second kappa shape index (κ2) is 3.78. The molecule has 0 aliphatic heterocycles. The molecule has 1 atom stereocenters. The monoisotopic (exact) mass is 133 g/mol. The van der Waals surface area contributed by atoms with E-state index in [1.54, 1.807) is 7.05 Å². The molecule has 0 saturated heterocycles. The van der Waals surface area contributed by atoms with Gasteiger partial charge in [0, 0.05) is 18.7 Å². The number of hydrogen-bond acceptors (Lipinski definition) is 2. The smallest absolute Gasteiger partial charge is 0.220 e. The Balaban J connectivity index is 3.25. The largest absolute Gasteiger partial charge is 0.359 e. The third kappa shape index (κ3) is 3.99. The van der Waals surface area contributed by atoms with Gasteiger partial charge in [0.25, 0.3) is 0 Å². The highest BCUT2D eigenvalue weighted by Crippen LogP contribution is 1.96. The molecule has 1 unspecified atom stereocenters. The van der Waals surface area contributed by atoms with Gasteiger partial charge in [0.2, 0.25) is 5.91 Å². The van der Waals surface area contributed by atoms with Crippen molar-refractivity contribution in [2.24, 2.45) is 0 Å². The van der Waals surface area contributed by atoms with Gasteiger partial charge in [0.1, 0.15) is 0 Å². The van der Waals surface area contributed by atoms with Crippen LogP contribution in [-0.2, 0) is 4.79 Å². The second-order valence-electron chi connectivity index (χ2n) is 1.73. The standard InChI is InChI=1S/C5H11NOS/c1-4(8)3-5(7)6-2/h4,8H,3H2,1-2H3,(H,6,7). The van der Waals surface area contributed by atoms with Crippen LogP contribution >= 0.6 is 12.6 Å².